The molecule has 2 N–H and O–H groups in total. The maximum Gasteiger partial charge on any atom is 0.408 e. The molecule has 0 saturated carbocycles. The molecule has 0 bridgehead atoms. The summed E-state index contributed by atoms with van der Waals surface area (Å²) < 4.78 is 70.0. The first kappa shape index (κ1) is 22.4. The molecule has 0 aromatic heterocycles. The highest BCUT2D eigenvalue weighted by atomic mass is 35.5. The van der Waals surface area contributed by atoms with Crippen LogP contribution in [0.1, 0.15) is 0 Å². The largest absolute Gasteiger partial charge is 0.457 e. The Labute approximate surface area is 177 Å². The Kier molecular flexibility index (Phi) is 6.28. The number of sulfonamides is 1. The molecule has 10 heteroatoms. The Morgan fingerprint density at radius 1 is 1.07 bits per heavy atom. The van der Waals surface area contributed by atoms with Crippen molar-refractivity contribution in [1.29, 1.82) is 0 Å². The summed E-state index contributed by atoms with van der Waals surface area (Å²) in [5, 5.41) is 0. The zero-order valence-corrected chi connectivity index (χ0v) is 17.2. The van der Waals surface area contributed by atoms with Gasteiger partial charge in [0.05, 0.1) is 0 Å². The maximum absolute atomic E-state index is 13.1. The Hall–Kier alpha value is -2.33. The summed E-state index contributed by atoms with van der Waals surface area (Å²) in [4.78, 5) is 0. The molecule has 0 fully saturated rings. The standard InChI is InChI=1S/C20H19ClF3N2O3S/c21-19-10-9-15(12-25)13-26(19,30(27,28)14-20(22,23)24)16-5-4-8-18(11-16)29-17-6-2-1-3-7-17/h1-11,13,19H,12,14,25H2/q+1. The molecule has 0 radical (unpaired) electrons. The molecule has 0 aliphatic carbocycles. The third-order valence-corrected chi connectivity index (χ3v) is 7.16. The van der Waals surface area contributed by atoms with E-state index in [1.807, 2.05) is 0 Å². The van der Waals surface area contributed by atoms with Gasteiger partial charge in [-0.1, -0.05) is 35.9 Å². The smallest absolute Gasteiger partial charge is 0.408 e. The number of rotatable bonds is 6. The monoisotopic (exact) mass is 459 g/mol. The number of nitrogens with two attached hydrogens (primary N) is 1. The van der Waals surface area contributed by atoms with Crippen LogP contribution in [0.2, 0.25) is 0 Å². The van der Waals surface area contributed by atoms with Gasteiger partial charge in [-0.15, -0.1) is 3.89 Å². The van der Waals surface area contributed by atoms with E-state index < -0.39 is 31.3 Å². The number of hydrogen-bond acceptors (Lipinski definition) is 4. The second-order valence-electron chi connectivity index (χ2n) is 6.60. The molecule has 30 heavy (non-hydrogen) atoms. The van der Waals surface area contributed by atoms with Gasteiger partial charge >= 0.3 is 16.2 Å². The summed E-state index contributed by atoms with van der Waals surface area (Å²) in [6.45, 7) is -0.0676. The minimum absolute atomic E-state index is 0.00276. The van der Waals surface area contributed by atoms with Gasteiger partial charge in [0.25, 0.3) is 0 Å². The van der Waals surface area contributed by atoms with Crippen LogP contribution in [0.15, 0.2) is 78.5 Å². The zero-order chi connectivity index (χ0) is 22.0. The minimum Gasteiger partial charge on any atom is -0.457 e. The third kappa shape index (κ3) is 4.54. The zero-order valence-electron chi connectivity index (χ0n) is 15.6. The van der Waals surface area contributed by atoms with E-state index in [9.17, 15) is 21.6 Å². The molecule has 3 rings (SSSR count). The molecule has 2 unspecified atom stereocenters. The molecule has 2 atom stereocenters. The minimum atomic E-state index is -4.95. The van der Waals surface area contributed by atoms with E-state index in [0.717, 1.165) is 6.20 Å². The van der Waals surface area contributed by atoms with Crippen LogP contribution >= 0.6 is 11.6 Å². The van der Waals surface area contributed by atoms with Crippen LogP contribution < -0.4 is 14.4 Å². The van der Waals surface area contributed by atoms with E-state index in [0.29, 0.717) is 11.3 Å². The van der Waals surface area contributed by atoms with Gasteiger partial charge in [-0.2, -0.15) is 21.6 Å². The third-order valence-electron chi connectivity index (χ3n) is 4.44. The first-order chi connectivity index (χ1) is 14.1. The van der Waals surface area contributed by atoms with Crippen LogP contribution in [-0.2, 0) is 10.0 Å². The van der Waals surface area contributed by atoms with Crippen LogP contribution in [0.4, 0.5) is 18.9 Å². The van der Waals surface area contributed by atoms with Crippen LogP contribution in [0, 0.1) is 0 Å². The first-order valence-corrected chi connectivity index (χ1v) is 10.9. The number of hydrogen-bond donors (Lipinski definition) is 1. The van der Waals surface area contributed by atoms with Gasteiger partial charge in [0, 0.05) is 24.3 Å². The lowest BCUT2D eigenvalue weighted by molar-refractivity contribution is -0.106. The lowest BCUT2D eigenvalue weighted by Gasteiger charge is -2.37. The fourth-order valence-corrected chi connectivity index (χ4v) is 5.47. The molecule has 2 aromatic rings. The summed E-state index contributed by atoms with van der Waals surface area (Å²) in [5.41, 5.74) is 4.65. The molecule has 5 nitrogen and oxygen atoms in total. The van der Waals surface area contributed by atoms with Gasteiger partial charge in [-0.3, -0.25) is 0 Å². The number of halogens is 4. The second kappa shape index (κ2) is 8.43. The molecule has 1 heterocycles. The highest BCUT2D eigenvalue weighted by Crippen LogP contribution is 2.41. The second-order valence-corrected chi connectivity index (χ2v) is 9.11. The molecule has 2 aromatic carbocycles. The predicted molar refractivity (Wildman–Crippen MR) is 111 cm³/mol. The quantitative estimate of drug-likeness (QED) is 0.387. The SMILES string of the molecule is NCC1=C[N+](c2cccc(Oc3ccccc3)c2)(S(=O)(=O)CC(F)(F)F)C(Cl)C=C1. The summed E-state index contributed by atoms with van der Waals surface area (Å²) >= 11 is 6.33. The fourth-order valence-electron chi connectivity index (χ4n) is 3.13. The van der Waals surface area contributed by atoms with Crippen molar-refractivity contribution in [3.63, 3.8) is 0 Å². The highest BCUT2D eigenvalue weighted by Gasteiger charge is 2.54. The van der Waals surface area contributed by atoms with Crippen molar-refractivity contribution in [2.24, 2.45) is 5.73 Å². The maximum atomic E-state index is 13.1. The van der Waals surface area contributed by atoms with Gasteiger partial charge in [0.2, 0.25) is 5.50 Å². The van der Waals surface area contributed by atoms with Gasteiger partial charge in [-0.25, -0.2) is 0 Å². The van der Waals surface area contributed by atoms with Gasteiger partial charge in [-0.05, 0) is 30.4 Å². The van der Waals surface area contributed by atoms with Crippen LogP contribution in [0.25, 0.3) is 0 Å². The number of quaternary nitrogens is 1. The summed E-state index contributed by atoms with van der Waals surface area (Å²) in [6.07, 6.45) is -0.971. The molecule has 160 valence electrons. The molecule has 1 aliphatic rings. The lowest BCUT2D eigenvalue weighted by atomic mass is 10.1. The predicted octanol–water partition coefficient (Wildman–Crippen LogP) is 4.66. The number of ether oxygens (including phenoxy) is 1. The number of alkyl halides is 4. The van der Waals surface area contributed by atoms with E-state index in [-0.39, 0.29) is 18.0 Å². The van der Waals surface area contributed by atoms with Crippen LogP contribution in [-0.4, -0.2) is 32.4 Å². The van der Waals surface area contributed by atoms with E-state index in [4.69, 9.17) is 22.1 Å². The van der Waals surface area contributed by atoms with Crippen molar-refractivity contribution < 1.29 is 26.3 Å². The van der Waals surface area contributed by atoms with Gasteiger partial charge < -0.3 is 10.5 Å². The normalized spacial score (nSPS) is 21.9. The summed E-state index contributed by atoms with van der Waals surface area (Å²) in [5.74, 6) is -1.31. The van der Waals surface area contributed by atoms with Gasteiger partial charge in [0.15, 0.2) is 11.4 Å². The average molecular weight is 460 g/mol. The Morgan fingerprint density at radius 2 is 1.73 bits per heavy atom. The van der Waals surface area contributed by atoms with Crippen molar-refractivity contribution >= 4 is 27.3 Å². The number of benzene rings is 2. The van der Waals surface area contributed by atoms with E-state index in [1.54, 1.807) is 36.4 Å². The topological polar surface area (TPSA) is 69.4 Å². The molecule has 0 saturated heterocycles. The van der Waals surface area contributed by atoms with Crippen molar-refractivity contribution in [1.82, 2.24) is 3.89 Å². The Bertz CT molecular complexity index is 1070. The van der Waals surface area contributed by atoms with E-state index >= 15 is 0 Å². The van der Waals surface area contributed by atoms with Crippen LogP contribution in [0.3, 0.4) is 0 Å². The van der Waals surface area contributed by atoms with Crippen LogP contribution in [0.5, 0.6) is 11.5 Å². The van der Waals surface area contributed by atoms with Crippen molar-refractivity contribution in [2.45, 2.75) is 11.7 Å². The molecule has 0 spiro atoms. The summed E-state index contributed by atoms with van der Waals surface area (Å²) in [6, 6.07) is 14.5. The lowest BCUT2D eigenvalue weighted by Crippen LogP contribution is -2.57. The van der Waals surface area contributed by atoms with Gasteiger partial charge in [0.1, 0.15) is 17.7 Å². The Morgan fingerprint density at radius 3 is 2.37 bits per heavy atom. The van der Waals surface area contributed by atoms with Crippen molar-refractivity contribution in [3.05, 3.63) is 78.5 Å². The van der Waals surface area contributed by atoms with Crippen molar-refractivity contribution in [2.75, 3.05) is 12.3 Å². The van der Waals surface area contributed by atoms with E-state index in [1.165, 1.54) is 30.4 Å². The van der Waals surface area contributed by atoms with E-state index in [2.05, 4.69) is 0 Å². The highest BCUT2D eigenvalue weighted by molar-refractivity contribution is 7.91. The number of nitrogens with zero attached hydrogens (tertiary/aromatic N) is 1. The fraction of sp³-hybridized carbons (Fsp3) is 0.200. The Balaban J connectivity index is 2.16. The summed E-state index contributed by atoms with van der Waals surface area (Å²) in [7, 11) is -4.90. The molecular weight excluding hydrogens is 441 g/mol. The number of para-hydroxylation sites is 1. The first-order valence-electron chi connectivity index (χ1n) is 8.83. The van der Waals surface area contributed by atoms with Crippen molar-refractivity contribution in [3.8, 4) is 11.5 Å². The average Bonchev–Trinajstić information content (AvgIpc) is 2.67. The molecular formula is C20H19ClF3N2O3S+. The molecule has 0 amide bonds. The molecule has 1 aliphatic heterocycles.